The second-order valence-electron chi connectivity index (χ2n) is 10.3. The first-order valence-corrected chi connectivity index (χ1v) is 15.3. The van der Waals surface area contributed by atoms with E-state index in [1.165, 1.54) is 12.1 Å². The molecule has 0 N–H and O–H groups in total. The molecule has 0 bridgehead atoms. The van der Waals surface area contributed by atoms with Crippen LogP contribution in [0, 0.1) is 0 Å². The summed E-state index contributed by atoms with van der Waals surface area (Å²) in [6, 6.07) is 31.6. The molecule has 242 valence electrons. The van der Waals surface area contributed by atoms with Gasteiger partial charge in [-0.1, -0.05) is 97.1 Å². The fourth-order valence-electron chi connectivity index (χ4n) is 4.66. The van der Waals surface area contributed by atoms with Crippen molar-refractivity contribution in [2.24, 2.45) is 0 Å². The van der Waals surface area contributed by atoms with Crippen LogP contribution >= 0.6 is 8.58 Å². The maximum Gasteiger partial charge on any atom is 1.00 e. The van der Waals surface area contributed by atoms with E-state index in [1.807, 2.05) is 30.3 Å². The van der Waals surface area contributed by atoms with Crippen LogP contribution in [0.1, 0.15) is 38.2 Å². The molecule has 0 saturated carbocycles. The van der Waals surface area contributed by atoms with Gasteiger partial charge in [-0.15, -0.1) is 0 Å². The van der Waals surface area contributed by atoms with Crippen LogP contribution in [0.4, 0.5) is 26.3 Å². The molecular formula is C36H27F6LiO4P+. The van der Waals surface area contributed by atoms with Gasteiger partial charge in [-0.2, -0.15) is 26.3 Å². The Bertz CT molecular complexity index is 1700. The van der Waals surface area contributed by atoms with Gasteiger partial charge in [0.25, 0.3) is 0 Å². The number of benzene rings is 5. The van der Waals surface area contributed by atoms with E-state index in [0.717, 1.165) is 16.7 Å². The number of carbonyl (C=O) groups is 1. The van der Waals surface area contributed by atoms with E-state index in [2.05, 4.69) is 0 Å². The Morgan fingerprint density at radius 1 is 0.542 bits per heavy atom. The van der Waals surface area contributed by atoms with Crippen molar-refractivity contribution in [1.29, 1.82) is 0 Å². The third-order valence-electron chi connectivity index (χ3n) is 6.90. The molecule has 0 saturated heterocycles. The molecule has 0 spiro atoms. The molecule has 0 aliphatic carbocycles. The summed E-state index contributed by atoms with van der Waals surface area (Å²) in [5.41, 5.74) is -3.88. The monoisotopic (exact) mass is 675 g/mol. The molecule has 0 fully saturated rings. The Labute approximate surface area is 287 Å². The van der Waals surface area contributed by atoms with Crippen molar-refractivity contribution in [3.8, 4) is 17.2 Å². The molecule has 1 atom stereocenters. The van der Waals surface area contributed by atoms with Crippen LogP contribution in [0.25, 0.3) is 0 Å². The number of halogens is 6. The standard InChI is InChI=1S/C36H27F6O4P.Li/c37-35(38,39)28-17-10-18-29(36(40,41)42)32(28)34(43)47-33-30(45-22-25-13-6-2-7-14-25)19-27(44-21-24-11-4-1-5-12-24)20-31(33)46-23-26-15-8-3-9-16-26;/h1-20,47H,21-23H2;/q;+1. The fourth-order valence-corrected chi connectivity index (χ4v) is 5.81. The predicted octanol–water partition coefficient (Wildman–Crippen LogP) is 6.61. The summed E-state index contributed by atoms with van der Waals surface area (Å²) in [5.74, 6) is 0.298. The van der Waals surface area contributed by atoms with E-state index in [-0.39, 0.29) is 61.2 Å². The quantitative estimate of drug-likeness (QED) is 0.0849. The first-order valence-electron chi connectivity index (χ1n) is 14.3. The number of hydrogen-bond donors (Lipinski definition) is 0. The maximum atomic E-state index is 14.0. The smallest absolute Gasteiger partial charge is 0.489 e. The van der Waals surface area contributed by atoms with Gasteiger partial charge in [0, 0.05) is 17.7 Å². The molecule has 1 unspecified atom stereocenters. The van der Waals surface area contributed by atoms with Crippen molar-refractivity contribution in [2.75, 3.05) is 0 Å². The number of ether oxygens (including phenoxy) is 3. The summed E-state index contributed by atoms with van der Waals surface area (Å²) >= 11 is 0. The van der Waals surface area contributed by atoms with Crippen molar-refractivity contribution >= 4 is 19.4 Å². The Hall–Kier alpha value is -4.22. The van der Waals surface area contributed by atoms with E-state index >= 15 is 0 Å². The summed E-state index contributed by atoms with van der Waals surface area (Å²) < 4.78 is 102. The minimum atomic E-state index is -5.22. The van der Waals surface area contributed by atoms with Crippen LogP contribution in [-0.4, -0.2) is 5.52 Å². The number of alkyl halides is 6. The molecule has 5 aromatic carbocycles. The minimum Gasteiger partial charge on any atom is -0.489 e. The van der Waals surface area contributed by atoms with E-state index in [9.17, 15) is 31.1 Å². The van der Waals surface area contributed by atoms with Gasteiger partial charge < -0.3 is 14.2 Å². The molecule has 0 heterocycles. The largest absolute Gasteiger partial charge is 1.00 e. The van der Waals surface area contributed by atoms with Crippen LogP contribution in [0.2, 0.25) is 0 Å². The van der Waals surface area contributed by atoms with Gasteiger partial charge in [-0.3, -0.25) is 4.79 Å². The minimum absolute atomic E-state index is 0. The second kappa shape index (κ2) is 16.3. The molecule has 12 heteroatoms. The predicted molar refractivity (Wildman–Crippen MR) is 167 cm³/mol. The maximum absolute atomic E-state index is 14.0. The van der Waals surface area contributed by atoms with Crippen molar-refractivity contribution in [2.45, 2.75) is 32.2 Å². The van der Waals surface area contributed by atoms with Gasteiger partial charge in [-0.25, -0.2) is 0 Å². The van der Waals surface area contributed by atoms with Gasteiger partial charge in [0.1, 0.15) is 37.1 Å². The summed E-state index contributed by atoms with van der Waals surface area (Å²) in [5, 5.41) is -0.000902. The van der Waals surface area contributed by atoms with E-state index in [4.69, 9.17) is 14.2 Å². The number of carbonyl (C=O) groups excluding carboxylic acids is 1. The zero-order valence-corrected chi connectivity index (χ0v) is 26.6. The molecule has 0 amide bonds. The van der Waals surface area contributed by atoms with Gasteiger partial charge in [0.15, 0.2) is 5.52 Å². The Morgan fingerprint density at radius 2 is 0.917 bits per heavy atom. The molecule has 0 aliphatic heterocycles. The summed E-state index contributed by atoms with van der Waals surface area (Å²) in [6.45, 7) is 0.116. The fraction of sp³-hybridized carbons (Fsp3) is 0.139. The van der Waals surface area contributed by atoms with Gasteiger partial charge in [0.2, 0.25) is 0 Å². The molecular weight excluding hydrogens is 648 g/mol. The third kappa shape index (κ3) is 9.67. The van der Waals surface area contributed by atoms with Gasteiger partial charge >= 0.3 is 31.2 Å². The average Bonchev–Trinajstić information content (AvgIpc) is 3.06. The Morgan fingerprint density at radius 3 is 1.29 bits per heavy atom. The van der Waals surface area contributed by atoms with Crippen molar-refractivity contribution in [3.63, 3.8) is 0 Å². The Kier molecular flexibility index (Phi) is 12.4. The summed E-state index contributed by atoms with van der Waals surface area (Å²) in [4.78, 5) is 13.7. The van der Waals surface area contributed by atoms with Crippen molar-refractivity contribution in [1.82, 2.24) is 0 Å². The first kappa shape index (κ1) is 36.6. The van der Waals surface area contributed by atoms with Crippen molar-refractivity contribution in [3.05, 3.63) is 155 Å². The van der Waals surface area contributed by atoms with E-state index in [0.29, 0.717) is 18.2 Å². The molecule has 0 radical (unpaired) electrons. The zero-order valence-electron chi connectivity index (χ0n) is 25.6. The average molecular weight is 676 g/mol. The Balaban J connectivity index is 0.00000520. The molecule has 4 nitrogen and oxygen atoms in total. The van der Waals surface area contributed by atoms with Crippen LogP contribution in [-0.2, 0) is 32.2 Å². The van der Waals surface area contributed by atoms with E-state index < -0.39 is 43.1 Å². The topological polar surface area (TPSA) is 44.8 Å². The van der Waals surface area contributed by atoms with Gasteiger partial charge in [-0.05, 0) is 37.4 Å². The molecule has 0 aliphatic rings. The molecule has 5 aromatic rings. The summed E-state index contributed by atoms with van der Waals surface area (Å²) in [7, 11) is -1.23. The van der Waals surface area contributed by atoms with Gasteiger partial charge in [0.05, 0.1) is 16.4 Å². The van der Waals surface area contributed by atoms with E-state index in [1.54, 1.807) is 60.7 Å². The third-order valence-corrected chi connectivity index (χ3v) is 8.12. The van der Waals surface area contributed by atoms with Crippen LogP contribution in [0.15, 0.2) is 121 Å². The van der Waals surface area contributed by atoms with Crippen molar-refractivity contribution < 1.29 is 64.2 Å². The second-order valence-corrected chi connectivity index (χ2v) is 11.5. The molecule has 0 aromatic heterocycles. The normalized spacial score (nSPS) is 11.6. The first-order chi connectivity index (χ1) is 22.5. The number of rotatable bonds is 12. The van der Waals surface area contributed by atoms with Crippen LogP contribution in [0.5, 0.6) is 17.2 Å². The SMILES string of the molecule is O=C(Pc1c(OCc2ccccc2)cc(OCc2ccccc2)cc1OCc1ccccc1)c1c(C(F)(F)F)cccc1C(F)(F)F.[Li+]. The van der Waals surface area contributed by atoms with Crippen LogP contribution in [0.3, 0.4) is 0 Å². The van der Waals surface area contributed by atoms with Crippen LogP contribution < -0.4 is 38.4 Å². The zero-order chi connectivity index (χ0) is 33.4. The summed E-state index contributed by atoms with van der Waals surface area (Å²) in [6.07, 6.45) is -10.4. The molecule has 5 rings (SSSR count). The number of hydrogen-bond acceptors (Lipinski definition) is 4. The molecule has 48 heavy (non-hydrogen) atoms.